The molecule has 2 aliphatic rings. The minimum Gasteiger partial charge on any atom is -0.488 e. The van der Waals surface area contributed by atoms with E-state index in [4.69, 9.17) is 44.9 Å². The van der Waals surface area contributed by atoms with Gasteiger partial charge in [-0.05, 0) is 54.8 Å². The molecule has 0 radical (unpaired) electrons. The van der Waals surface area contributed by atoms with Crippen molar-refractivity contribution in [2.75, 3.05) is 13.2 Å². The quantitative estimate of drug-likeness (QED) is 0.291. The van der Waals surface area contributed by atoms with Crippen molar-refractivity contribution in [2.24, 2.45) is 0 Å². The Balaban J connectivity index is 1.52. The first-order valence-corrected chi connectivity index (χ1v) is 12.4. The van der Waals surface area contributed by atoms with E-state index in [2.05, 4.69) is 15.9 Å². The lowest BCUT2D eigenvalue weighted by atomic mass is 10.1. The smallest absolute Gasteiger partial charge is 0.266 e. The van der Waals surface area contributed by atoms with Crippen molar-refractivity contribution in [1.29, 1.82) is 0 Å². The Kier molecular flexibility index (Phi) is 7.62. The Morgan fingerprint density at radius 3 is 2.84 bits per heavy atom. The summed E-state index contributed by atoms with van der Waals surface area (Å²) in [5, 5.41) is 0.980. The Morgan fingerprint density at radius 1 is 1.26 bits per heavy atom. The molecule has 31 heavy (non-hydrogen) atoms. The topological polar surface area (TPSA) is 38.8 Å². The first-order valence-electron chi connectivity index (χ1n) is 9.64. The van der Waals surface area contributed by atoms with Crippen molar-refractivity contribution in [3.05, 3.63) is 66.9 Å². The van der Waals surface area contributed by atoms with Crippen LogP contribution in [0.1, 0.15) is 24.0 Å². The van der Waals surface area contributed by atoms with E-state index in [-0.39, 0.29) is 12.0 Å². The van der Waals surface area contributed by atoms with Gasteiger partial charge in [-0.25, -0.2) is 0 Å². The van der Waals surface area contributed by atoms with E-state index in [1.54, 1.807) is 17.0 Å². The molecule has 1 atom stereocenters. The highest BCUT2D eigenvalue weighted by Gasteiger charge is 2.34. The summed E-state index contributed by atoms with van der Waals surface area (Å²) in [6, 6.07) is 11.0. The van der Waals surface area contributed by atoms with Gasteiger partial charge in [0.2, 0.25) is 0 Å². The lowest BCUT2D eigenvalue weighted by Crippen LogP contribution is -2.35. The summed E-state index contributed by atoms with van der Waals surface area (Å²) in [6.07, 6.45) is 3.85. The number of benzene rings is 2. The van der Waals surface area contributed by atoms with Crippen LogP contribution in [0.2, 0.25) is 10.0 Å². The first kappa shape index (κ1) is 23.1. The molecule has 1 amide bonds. The van der Waals surface area contributed by atoms with E-state index in [0.29, 0.717) is 38.2 Å². The zero-order valence-corrected chi connectivity index (χ0v) is 21.0. The van der Waals surface area contributed by atoms with Gasteiger partial charge in [-0.3, -0.25) is 9.69 Å². The summed E-state index contributed by atoms with van der Waals surface area (Å²) in [5.41, 5.74) is 1.68. The summed E-state index contributed by atoms with van der Waals surface area (Å²) >= 11 is 22.3. The van der Waals surface area contributed by atoms with E-state index in [9.17, 15) is 4.79 Å². The van der Waals surface area contributed by atoms with Crippen molar-refractivity contribution in [3.8, 4) is 5.75 Å². The van der Waals surface area contributed by atoms with Crippen molar-refractivity contribution in [2.45, 2.75) is 25.6 Å². The zero-order chi connectivity index (χ0) is 22.0. The lowest BCUT2D eigenvalue weighted by Gasteiger charge is -2.18. The highest BCUT2D eigenvalue weighted by atomic mass is 79.9. The second kappa shape index (κ2) is 10.2. The van der Waals surface area contributed by atoms with E-state index >= 15 is 0 Å². The fraction of sp³-hybridized carbons (Fsp3) is 0.273. The van der Waals surface area contributed by atoms with Gasteiger partial charge in [0.25, 0.3) is 5.91 Å². The lowest BCUT2D eigenvalue weighted by molar-refractivity contribution is -0.123. The molecule has 0 saturated carbocycles. The van der Waals surface area contributed by atoms with Crippen LogP contribution in [0.25, 0.3) is 6.08 Å². The molecule has 0 spiro atoms. The molecule has 0 aromatic heterocycles. The molecule has 2 fully saturated rings. The molecule has 0 unspecified atom stereocenters. The number of nitrogens with zero attached hydrogens (tertiary/aromatic N) is 1. The van der Waals surface area contributed by atoms with E-state index in [1.165, 1.54) is 11.8 Å². The molecule has 4 rings (SSSR count). The van der Waals surface area contributed by atoms with Gasteiger partial charge in [-0.1, -0.05) is 69.2 Å². The summed E-state index contributed by atoms with van der Waals surface area (Å²) in [4.78, 5) is 15.2. The van der Waals surface area contributed by atoms with Gasteiger partial charge >= 0.3 is 0 Å². The van der Waals surface area contributed by atoms with Gasteiger partial charge in [0.05, 0.1) is 27.6 Å². The molecule has 0 aliphatic carbocycles. The van der Waals surface area contributed by atoms with Crippen molar-refractivity contribution >= 4 is 79.4 Å². The number of ether oxygens (including phenoxy) is 2. The third-order valence-corrected chi connectivity index (χ3v) is 7.53. The van der Waals surface area contributed by atoms with Crippen molar-refractivity contribution < 1.29 is 14.3 Å². The van der Waals surface area contributed by atoms with Crippen LogP contribution in [-0.2, 0) is 16.1 Å². The molecular formula is C22H18BrCl2NO3S2. The van der Waals surface area contributed by atoms with Crippen LogP contribution in [0.4, 0.5) is 0 Å². The number of thioether (sulfide) groups is 1. The van der Waals surface area contributed by atoms with Crippen molar-refractivity contribution in [1.82, 2.24) is 4.90 Å². The standard InChI is InChI=1S/C22H18BrCl2NO3S2/c23-15-4-6-19(29-12-13-3-5-17(24)18(25)8-13)14(9-15)10-20-21(27)26(22(30)31-20)11-16-2-1-7-28-16/h3-6,8-10,16H,1-2,7,11-12H2/b20-10-/t16-/m0/s1. The van der Waals surface area contributed by atoms with Crippen LogP contribution in [0.3, 0.4) is 0 Å². The van der Waals surface area contributed by atoms with Crippen LogP contribution in [0.15, 0.2) is 45.8 Å². The van der Waals surface area contributed by atoms with Gasteiger partial charge in [0.15, 0.2) is 0 Å². The second-order valence-electron chi connectivity index (χ2n) is 7.15. The minimum absolute atomic E-state index is 0.0535. The van der Waals surface area contributed by atoms with E-state index in [1.807, 2.05) is 30.3 Å². The number of thiocarbonyl (C=S) groups is 1. The van der Waals surface area contributed by atoms with Crippen LogP contribution < -0.4 is 4.74 Å². The number of carbonyl (C=O) groups excluding carboxylic acids is 1. The molecular weight excluding hydrogens is 541 g/mol. The van der Waals surface area contributed by atoms with Gasteiger partial charge in [0, 0.05) is 16.6 Å². The number of halogens is 3. The maximum Gasteiger partial charge on any atom is 0.266 e. The summed E-state index contributed by atoms with van der Waals surface area (Å²) in [6.45, 7) is 1.56. The fourth-order valence-electron chi connectivity index (χ4n) is 3.34. The average Bonchev–Trinajstić information content (AvgIpc) is 3.34. The SMILES string of the molecule is O=C1/C(=C/c2cc(Br)ccc2OCc2ccc(Cl)c(Cl)c2)SC(=S)N1C[C@@H]1CCCO1. The Morgan fingerprint density at radius 2 is 2.10 bits per heavy atom. The number of hydrogen-bond donors (Lipinski definition) is 0. The molecule has 2 aromatic carbocycles. The van der Waals surface area contributed by atoms with E-state index in [0.717, 1.165) is 35.0 Å². The summed E-state index contributed by atoms with van der Waals surface area (Å²) in [7, 11) is 0. The number of hydrogen-bond acceptors (Lipinski definition) is 5. The van der Waals surface area contributed by atoms with Gasteiger partial charge in [-0.2, -0.15) is 0 Å². The highest BCUT2D eigenvalue weighted by Crippen LogP contribution is 2.36. The number of amides is 1. The molecule has 0 bridgehead atoms. The Hall–Kier alpha value is -1.09. The fourth-order valence-corrected chi connectivity index (χ4v) is 5.31. The zero-order valence-electron chi connectivity index (χ0n) is 16.3. The van der Waals surface area contributed by atoms with Crippen molar-refractivity contribution in [3.63, 3.8) is 0 Å². The van der Waals surface area contributed by atoms with Crippen LogP contribution in [0.5, 0.6) is 5.75 Å². The normalized spacial score (nSPS) is 20.2. The number of rotatable bonds is 6. The average molecular weight is 559 g/mol. The van der Waals surface area contributed by atoms with Gasteiger partial charge in [-0.15, -0.1) is 0 Å². The maximum absolute atomic E-state index is 13.0. The summed E-state index contributed by atoms with van der Waals surface area (Å²) in [5.74, 6) is 0.555. The molecule has 162 valence electrons. The van der Waals surface area contributed by atoms with Gasteiger partial charge < -0.3 is 9.47 Å². The summed E-state index contributed by atoms with van der Waals surface area (Å²) < 4.78 is 13.1. The second-order valence-corrected chi connectivity index (χ2v) is 10.6. The first-order chi connectivity index (χ1) is 14.9. The maximum atomic E-state index is 13.0. The van der Waals surface area contributed by atoms with E-state index < -0.39 is 0 Å². The Labute approximate surface area is 209 Å². The molecule has 0 N–H and O–H groups in total. The Bertz CT molecular complexity index is 1060. The van der Waals surface area contributed by atoms with Crippen LogP contribution in [0, 0.1) is 0 Å². The molecule has 4 nitrogen and oxygen atoms in total. The predicted octanol–water partition coefficient (Wildman–Crippen LogP) is 6.72. The molecule has 2 aromatic rings. The van der Waals surface area contributed by atoms with Gasteiger partial charge in [0.1, 0.15) is 16.7 Å². The van der Waals surface area contributed by atoms with Crippen LogP contribution >= 0.6 is 63.1 Å². The molecule has 2 saturated heterocycles. The molecule has 2 heterocycles. The molecule has 9 heteroatoms. The third kappa shape index (κ3) is 5.64. The minimum atomic E-state index is -0.0964. The number of carbonyl (C=O) groups is 1. The molecule has 2 aliphatic heterocycles. The monoisotopic (exact) mass is 557 g/mol. The highest BCUT2D eigenvalue weighted by molar-refractivity contribution is 9.10. The van der Waals surface area contributed by atoms with Crippen LogP contribution in [-0.4, -0.2) is 34.4 Å². The third-order valence-electron chi connectivity index (χ3n) is 4.92. The predicted molar refractivity (Wildman–Crippen MR) is 134 cm³/mol. The largest absolute Gasteiger partial charge is 0.488 e.